The fraction of sp³-hybridized carbons (Fsp3) is 0.308. The maximum atomic E-state index is 10.7. The maximum Gasteiger partial charge on any atom is 0.129 e. The van der Waals surface area contributed by atoms with E-state index in [2.05, 4.69) is 23.6 Å². The molecule has 0 N–H and O–H groups in total. The lowest BCUT2D eigenvalue weighted by atomic mass is 10.2. The molecule has 2 heteroatoms. The molecule has 15 heavy (non-hydrogen) atoms. The van der Waals surface area contributed by atoms with Crippen molar-refractivity contribution in [3.05, 3.63) is 41.8 Å². The van der Waals surface area contributed by atoms with Crippen LogP contribution in [-0.2, 0) is 4.79 Å². The highest BCUT2D eigenvalue weighted by Gasteiger charge is 1.90. The largest absolute Gasteiger partial charge is 0.300 e. The lowest BCUT2D eigenvalue weighted by Crippen LogP contribution is -1.87. The van der Waals surface area contributed by atoms with Crippen LogP contribution in [0, 0.1) is 0 Å². The van der Waals surface area contributed by atoms with Crippen molar-refractivity contribution < 1.29 is 4.79 Å². The zero-order valence-electron chi connectivity index (χ0n) is 8.98. The van der Waals surface area contributed by atoms with Crippen molar-refractivity contribution in [1.82, 2.24) is 0 Å². The molecule has 0 saturated heterocycles. The number of Topliss-reactive ketones (excluding diaryl/α,β-unsaturated/α-hetero) is 1. The minimum Gasteiger partial charge on any atom is -0.300 e. The van der Waals surface area contributed by atoms with Crippen LogP contribution in [-0.4, -0.2) is 5.78 Å². The summed E-state index contributed by atoms with van der Waals surface area (Å²) in [7, 11) is 0. The van der Waals surface area contributed by atoms with Crippen molar-refractivity contribution in [2.45, 2.75) is 31.1 Å². The molecule has 0 spiro atoms. The van der Waals surface area contributed by atoms with Crippen molar-refractivity contribution in [3.8, 4) is 0 Å². The van der Waals surface area contributed by atoms with Crippen LogP contribution in [0.3, 0.4) is 0 Å². The predicted octanol–water partition coefficient (Wildman–Crippen LogP) is 4.05. The number of unbranched alkanes of at least 4 members (excludes halogenated alkanes) is 1. The normalized spacial score (nSPS) is 10.7. The summed E-state index contributed by atoms with van der Waals surface area (Å²) in [5.74, 6) is 0.277. The molecule has 0 aliphatic carbocycles. The van der Waals surface area contributed by atoms with Crippen LogP contribution >= 0.6 is 11.8 Å². The minimum absolute atomic E-state index is 0.277. The molecule has 0 aliphatic rings. The molecule has 0 saturated carbocycles. The fourth-order valence-corrected chi connectivity index (χ4v) is 1.87. The molecular formula is C13H16OS. The lowest BCUT2D eigenvalue weighted by Gasteiger charge is -1.94. The highest BCUT2D eigenvalue weighted by atomic mass is 32.2. The summed E-state index contributed by atoms with van der Waals surface area (Å²) in [6, 6.07) is 10.3. The fourth-order valence-electron chi connectivity index (χ4n) is 1.16. The third kappa shape index (κ3) is 6.13. The first-order valence-corrected chi connectivity index (χ1v) is 6.03. The number of ketones is 1. The molecule has 0 amide bonds. The number of carbonyl (C=O) groups excluding carboxylic acids is 1. The highest BCUT2D eigenvalue weighted by molar-refractivity contribution is 8.02. The van der Waals surface area contributed by atoms with E-state index < -0.39 is 0 Å². The van der Waals surface area contributed by atoms with Gasteiger partial charge in [-0.15, -0.1) is 0 Å². The van der Waals surface area contributed by atoms with Crippen molar-refractivity contribution >= 4 is 17.5 Å². The number of carbonyl (C=O) groups is 1. The molecule has 0 bridgehead atoms. The monoisotopic (exact) mass is 220 g/mol. The number of hydrogen-bond donors (Lipinski definition) is 0. The molecule has 0 fully saturated rings. The summed E-state index contributed by atoms with van der Waals surface area (Å²) < 4.78 is 0. The molecule has 0 radical (unpaired) electrons. The Balaban J connectivity index is 2.15. The van der Waals surface area contributed by atoms with Crippen LogP contribution in [0.5, 0.6) is 0 Å². The standard InChI is InChI=1S/C13H16OS/c1-12(14)8-4-3-7-11-15-13-9-5-2-6-10-13/h2,5-7,9-11H,3-4,8H2,1H3/b11-7+. The van der Waals surface area contributed by atoms with Crippen molar-refractivity contribution in [1.29, 1.82) is 0 Å². The van der Waals surface area contributed by atoms with E-state index in [1.54, 1.807) is 18.7 Å². The zero-order valence-corrected chi connectivity index (χ0v) is 9.80. The van der Waals surface area contributed by atoms with Crippen LogP contribution < -0.4 is 0 Å². The molecule has 1 rings (SSSR count). The second kappa shape index (κ2) is 7.30. The summed E-state index contributed by atoms with van der Waals surface area (Å²) >= 11 is 1.71. The third-order valence-corrected chi connectivity index (χ3v) is 2.82. The average molecular weight is 220 g/mol. The van der Waals surface area contributed by atoms with E-state index in [9.17, 15) is 4.79 Å². The first-order chi connectivity index (χ1) is 7.29. The topological polar surface area (TPSA) is 17.1 Å². The van der Waals surface area contributed by atoms with E-state index in [0.717, 1.165) is 12.8 Å². The summed E-state index contributed by atoms with van der Waals surface area (Å²) in [4.78, 5) is 11.9. The van der Waals surface area contributed by atoms with Crippen LogP contribution in [0.15, 0.2) is 46.7 Å². The molecule has 0 unspecified atom stereocenters. The SMILES string of the molecule is CC(=O)CCC/C=C/Sc1ccccc1. The molecule has 1 aromatic rings. The first kappa shape index (κ1) is 12.1. The van der Waals surface area contributed by atoms with Gasteiger partial charge >= 0.3 is 0 Å². The Morgan fingerprint density at radius 1 is 1.33 bits per heavy atom. The van der Waals surface area contributed by atoms with Gasteiger partial charge < -0.3 is 4.79 Å². The molecule has 0 aliphatic heterocycles. The molecule has 0 heterocycles. The van der Waals surface area contributed by atoms with Crippen molar-refractivity contribution in [2.75, 3.05) is 0 Å². The number of hydrogen-bond acceptors (Lipinski definition) is 2. The van der Waals surface area contributed by atoms with E-state index >= 15 is 0 Å². The van der Waals surface area contributed by atoms with Crippen molar-refractivity contribution in [2.24, 2.45) is 0 Å². The molecule has 1 nitrogen and oxygen atoms in total. The van der Waals surface area contributed by atoms with Gasteiger partial charge in [-0.05, 0) is 37.3 Å². The third-order valence-electron chi connectivity index (χ3n) is 1.94. The minimum atomic E-state index is 0.277. The van der Waals surface area contributed by atoms with Gasteiger partial charge in [-0.25, -0.2) is 0 Å². The molecular weight excluding hydrogens is 204 g/mol. The molecule has 0 aromatic heterocycles. The average Bonchev–Trinajstić information content (AvgIpc) is 2.24. The van der Waals surface area contributed by atoms with Gasteiger partial charge in [-0.2, -0.15) is 0 Å². The Hall–Kier alpha value is -1.02. The van der Waals surface area contributed by atoms with Gasteiger partial charge in [0.15, 0.2) is 0 Å². The molecule has 80 valence electrons. The Labute approximate surface area is 95.6 Å². The lowest BCUT2D eigenvalue weighted by molar-refractivity contribution is -0.117. The highest BCUT2D eigenvalue weighted by Crippen LogP contribution is 2.18. The number of rotatable bonds is 6. The van der Waals surface area contributed by atoms with Crippen LogP contribution in [0.4, 0.5) is 0 Å². The van der Waals surface area contributed by atoms with Gasteiger partial charge in [0.05, 0.1) is 0 Å². The zero-order chi connectivity index (χ0) is 10.9. The molecule has 1 aromatic carbocycles. The first-order valence-electron chi connectivity index (χ1n) is 5.15. The van der Waals surface area contributed by atoms with Gasteiger partial charge in [-0.3, -0.25) is 0 Å². The number of thioether (sulfide) groups is 1. The van der Waals surface area contributed by atoms with E-state index in [4.69, 9.17) is 0 Å². The second-order valence-electron chi connectivity index (χ2n) is 3.40. The Kier molecular flexibility index (Phi) is 5.86. The van der Waals surface area contributed by atoms with Crippen LogP contribution in [0.1, 0.15) is 26.2 Å². The Morgan fingerprint density at radius 2 is 2.07 bits per heavy atom. The second-order valence-corrected chi connectivity index (χ2v) is 4.38. The number of allylic oxidation sites excluding steroid dienone is 1. The van der Waals surface area contributed by atoms with Crippen molar-refractivity contribution in [3.63, 3.8) is 0 Å². The van der Waals surface area contributed by atoms with E-state index in [-0.39, 0.29) is 5.78 Å². The molecule has 0 atom stereocenters. The summed E-state index contributed by atoms with van der Waals surface area (Å²) in [5, 5.41) is 2.09. The summed E-state index contributed by atoms with van der Waals surface area (Å²) in [6.45, 7) is 1.64. The predicted molar refractivity (Wildman–Crippen MR) is 66.0 cm³/mol. The van der Waals surface area contributed by atoms with Gasteiger partial charge in [0.2, 0.25) is 0 Å². The summed E-state index contributed by atoms with van der Waals surface area (Å²) in [5.41, 5.74) is 0. The quantitative estimate of drug-likeness (QED) is 0.531. The van der Waals surface area contributed by atoms with Gasteiger partial charge in [0.25, 0.3) is 0 Å². The van der Waals surface area contributed by atoms with E-state index in [1.807, 2.05) is 18.2 Å². The number of benzene rings is 1. The maximum absolute atomic E-state index is 10.7. The van der Waals surface area contributed by atoms with Gasteiger partial charge in [0.1, 0.15) is 5.78 Å². The van der Waals surface area contributed by atoms with Crippen LogP contribution in [0.25, 0.3) is 0 Å². The Morgan fingerprint density at radius 3 is 2.73 bits per heavy atom. The van der Waals surface area contributed by atoms with E-state index in [0.29, 0.717) is 6.42 Å². The van der Waals surface area contributed by atoms with Crippen LogP contribution in [0.2, 0.25) is 0 Å². The van der Waals surface area contributed by atoms with Gasteiger partial charge in [0, 0.05) is 11.3 Å². The smallest absolute Gasteiger partial charge is 0.129 e. The van der Waals surface area contributed by atoms with Gasteiger partial charge in [-0.1, -0.05) is 36.0 Å². The Bertz CT molecular complexity index is 317. The summed E-state index contributed by atoms with van der Waals surface area (Å²) in [6.07, 6.45) is 4.77. The van der Waals surface area contributed by atoms with E-state index in [1.165, 1.54) is 4.90 Å².